The standard InChI is InChI=1S/C16H17FO3/c1-11(18)13-4-3-5-14(9-13)20-10-12-6-7-16(19-2)15(17)8-12/h3-9,11,18H,10H2,1-2H3. The first-order valence-electron chi connectivity index (χ1n) is 6.33. The molecule has 20 heavy (non-hydrogen) atoms. The summed E-state index contributed by atoms with van der Waals surface area (Å²) in [5.41, 5.74) is 1.49. The number of ether oxygens (including phenoxy) is 2. The van der Waals surface area contributed by atoms with Crippen molar-refractivity contribution in [1.82, 2.24) is 0 Å². The molecule has 3 nitrogen and oxygen atoms in total. The highest BCUT2D eigenvalue weighted by atomic mass is 19.1. The molecule has 0 saturated carbocycles. The molecule has 1 unspecified atom stereocenters. The number of benzene rings is 2. The summed E-state index contributed by atoms with van der Waals surface area (Å²) in [4.78, 5) is 0. The maximum Gasteiger partial charge on any atom is 0.165 e. The Morgan fingerprint density at radius 2 is 2.00 bits per heavy atom. The predicted octanol–water partition coefficient (Wildman–Crippen LogP) is 3.47. The molecule has 4 heteroatoms. The summed E-state index contributed by atoms with van der Waals surface area (Å²) in [6.45, 7) is 1.95. The summed E-state index contributed by atoms with van der Waals surface area (Å²) >= 11 is 0. The summed E-state index contributed by atoms with van der Waals surface area (Å²) in [6.07, 6.45) is -0.544. The van der Waals surface area contributed by atoms with Crippen molar-refractivity contribution in [2.24, 2.45) is 0 Å². The van der Waals surface area contributed by atoms with Gasteiger partial charge in [-0.1, -0.05) is 18.2 Å². The van der Waals surface area contributed by atoms with E-state index in [1.165, 1.54) is 13.2 Å². The molecule has 0 bridgehead atoms. The van der Waals surface area contributed by atoms with Crippen molar-refractivity contribution >= 4 is 0 Å². The number of aliphatic hydroxyl groups excluding tert-OH is 1. The molecule has 0 aliphatic heterocycles. The molecule has 1 N–H and O–H groups in total. The van der Waals surface area contributed by atoms with Gasteiger partial charge in [-0.2, -0.15) is 0 Å². The molecule has 0 heterocycles. The van der Waals surface area contributed by atoms with Crippen LogP contribution in [0.2, 0.25) is 0 Å². The van der Waals surface area contributed by atoms with E-state index in [9.17, 15) is 9.50 Å². The molecule has 1 atom stereocenters. The van der Waals surface area contributed by atoms with Crippen LogP contribution >= 0.6 is 0 Å². The Labute approximate surface area is 117 Å². The smallest absolute Gasteiger partial charge is 0.165 e. The van der Waals surface area contributed by atoms with E-state index in [0.717, 1.165) is 5.56 Å². The van der Waals surface area contributed by atoms with Gasteiger partial charge in [0.25, 0.3) is 0 Å². The molecule has 0 amide bonds. The first-order valence-corrected chi connectivity index (χ1v) is 6.33. The second-order valence-corrected chi connectivity index (χ2v) is 4.51. The third kappa shape index (κ3) is 3.48. The van der Waals surface area contributed by atoms with E-state index in [1.54, 1.807) is 31.2 Å². The highest BCUT2D eigenvalue weighted by Crippen LogP contribution is 2.21. The Morgan fingerprint density at radius 3 is 2.65 bits per heavy atom. The van der Waals surface area contributed by atoms with Gasteiger partial charge in [0, 0.05) is 0 Å². The highest BCUT2D eigenvalue weighted by molar-refractivity contribution is 5.31. The number of hydrogen-bond acceptors (Lipinski definition) is 3. The van der Waals surface area contributed by atoms with Gasteiger partial charge in [0.1, 0.15) is 12.4 Å². The lowest BCUT2D eigenvalue weighted by Gasteiger charge is -2.10. The van der Waals surface area contributed by atoms with Gasteiger partial charge in [0.05, 0.1) is 13.2 Å². The second-order valence-electron chi connectivity index (χ2n) is 4.51. The van der Waals surface area contributed by atoms with Gasteiger partial charge >= 0.3 is 0 Å². The van der Waals surface area contributed by atoms with Crippen LogP contribution in [0.1, 0.15) is 24.2 Å². The molecule has 2 aromatic rings. The van der Waals surface area contributed by atoms with Gasteiger partial charge < -0.3 is 14.6 Å². The molecule has 0 aliphatic rings. The maximum atomic E-state index is 13.5. The Morgan fingerprint density at radius 1 is 1.20 bits per heavy atom. The van der Waals surface area contributed by atoms with Gasteiger partial charge in [-0.15, -0.1) is 0 Å². The lowest BCUT2D eigenvalue weighted by molar-refractivity contribution is 0.198. The van der Waals surface area contributed by atoms with E-state index in [-0.39, 0.29) is 12.4 Å². The average molecular weight is 276 g/mol. The Balaban J connectivity index is 2.05. The minimum absolute atomic E-state index is 0.213. The minimum atomic E-state index is -0.544. The molecular weight excluding hydrogens is 259 g/mol. The van der Waals surface area contributed by atoms with Crippen molar-refractivity contribution in [3.8, 4) is 11.5 Å². The monoisotopic (exact) mass is 276 g/mol. The Kier molecular flexibility index (Phi) is 4.58. The van der Waals surface area contributed by atoms with Gasteiger partial charge in [0.15, 0.2) is 11.6 Å². The number of rotatable bonds is 5. The van der Waals surface area contributed by atoms with Crippen molar-refractivity contribution in [3.63, 3.8) is 0 Å². The zero-order valence-electron chi connectivity index (χ0n) is 11.5. The van der Waals surface area contributed by atoms with E-state index in [1.807, 2.05) is 12.1 Å². The quantitative estimate of drug-likeness (QED) is 0.908. The van der Waals surface area contributed by atoms with Crippen LogP contribution in [0.15, 0.2) is 42.5 Å². The topological polar surface area (TPSA) is 38.7 Å². The van der Waals surface area contributed by atoms with Crippen LogP contribution in [0.5, 0.6) is 11.5 Å². The molecule has 106 valence electrons. The van der Waals surface area contributed by atoms with Crippen molar-refractivity contribution in [2.45, 2.75) is 19.6 Å². The van der Waals surface area contributed by atoms with E-state index >= 15 is 0 Å². The first kappa shape index (κ1) is 14.3. The Bertz CT molecular complexity index is 582. The summed E-state index contributed by atoms with van der Waals surface area (Å²) < 4.78 is 24.0. The third-order valence-corrected chi connectivity index (χ3v) is 2.96. The van der Waals surface area contributed by atoms with Crippen LogP contribution in [-0.4, -0.2) is 12.2 Å². The zero-order valence-corrected chi connectivity index (χ0v) is 11.5. The van der Waals surface area contributed by atoms with Crippen molar-refractivity contribution in [3.05, 3.63) is 59.4 Å². The largest absolute Gasteiger partial charge is 0.494 e. The molecule has 2 aromatic carbocycles. The molecule has 2 rings (SSSR count). The van der Waals surface area contributed by atoms with Crippen molar-refractivity contribution < 1.29 is 19.0 Å². The molecule has 0 radical (unpaired) electrons. The molecule has 0 spiro atoms. The zero-order chi connectivity index (χ0) is 14.5. The number of halogens is 1. The minimum Gasteiger partial charge on any atom is -0.494 e. The molecule has 0 aliphatic carbocycles. The molecule has 0 saturated heterocycles. The third-order valence-electron chi connectivity index (χ3n) is 2.96. The number of aliphatic hydroxyl groups is 1. The van der Waals surface area contributed by atoms with Crippen LogP contribution < -0.4 is 9.47 Å². The predicted molar refractivity (Wildman–Crippen MR) is 74.4 cm³/mol. The van der Waals surface area contributed by atoms with Crippen LogP contribution in [0.4, 0.5) is 4.39 Å². The van der Waals surface area contributed by atoms with Gasteiger partial charge in [-0.05, 0) is 42.3 Å². The summed E-state index contributed by atoms with van der Waals surface area (Å²) in [6, 6.07) is 11.9. The highest BCUT2D eigenvalue weighted by Gasteiger charge is 2.05. The lowest BCUT2D eigenvalue weighted by atomic mass is 10.1. The van der Waals surface area contributed by atoms with Gasteiger partial charge in [0.2, 0.25) is 0 Å². The van der Waals surface area contributed by atoms with Gasteiger partial charge in [-0.25, -0.2) is 4.39 Å². The number of hydrogen-bond donors (Lipinski definition) is 1. The maximum absolute atomic E-state index is 13.5. The van der Waals surface area contributed by atoms with Crippen molar-refractivity contribution in [2.75, 3.05) is 7.11 Å². The SMILES string of the molecule is COc1ccc(COc2cccc(C(C)O)c2)cc1F. The molecular formula is C16H17FO3. The van der Waals surface area contributed by atoms with Crippen molar-refractivity contribution in [1.29, 1.82) is 0 Å². The lowest BCUT2D eigenvalue weighted by Crippen LogP contribution is -1.98. The van der Waals surface area contributed by atoms with E-state index < -0.39 is 11.9 Å². The average Bonchev–Trinajstić information content (AvgIpc) is 2.45. The fraction of sp³-hybridized carbons (Fsp3) is 0.250. The number of methoxy groups -OCH3 is 1. The fourth-order valence-electron chi connectivity index (χ4n) is 1.83. The van der Waals surface area contributed by atoms with Crippen LogP contribution in [0, 0.1) is 5.82 Å². The van der Waals surface area contributed by atoms with E-state index in [4.69, 9.17) is 9.47 Å². The van der Waals surface area contributed by atoms with Crippen LogP contribution in [0.3, 0.4) is 0 Å². The normalized spacial score (nSPS) is 12.0. The molecule has 0 fully saturated rings. The van der Waals surface area contributed by atoms with E-state index in [0.29, 0.717) is 11.3 Å². The first-order chi connectivity index (χ1) is 9.60. The summed E-state index contributed by atoms with van der Waals surface area (Å²) in [7, 11) is 1.43. The summed E-state index contributed by atoms with van der Waals surface area (Å²) in [5.74, 6) is 0.441. The van der Waals surface area contributed by atoms with Gasteiger partial charge in [-0.3, -0.25) is 0 Å². The van der Waals surface area contributed by atoms with Crippen LogP contribution in [0.25, 0.3) is 0 Å². The fourth-order valence-corrected chi connectivity index (χ4v) is 1.83. The van der Waals surface area contributed by atoms with E-state index in [2.05, 4.69) is 0 Å². The Hall–Kier alpha value is -2.07. The summed E-state index contributed by atoms with van der Waals surface area (Å²) in [5, 5.41) is 9.51. The second kappa shape index (κ2) is 6.39. The molecule has 0 aromatic heterocycles. The van der Waals surface area contributed by atoms with Crippen LogP contribution in [-0.2, 0) is 6.61 Å².